The zero-order valence-corrected chi connectivity index (χ0v) is 16.0. The smallest absolute Gasteiger partial charge is 0.348 e. The standard InChI is InChI=1S/C18H17NO5S2/c1-11-4-6-14(23-2)17(8-11)26(21,22)19-13-5-7-15-12(9-13)10-16(25-15)18(20)24-3/h4-10,19H,1-3H3. The first-order valence-corrected chi connectivity index (χ1v) is 9.93. The van der Waals surface area contributed by atoms with E-state index in [1.54, 1.807) is 42.5 Å². The van der Waals surface area contributed by atoms with Gasteiger partial charge in [-0.2, -0.15) is 0 Å². The van der Waals surface area contributed by atoms with Crippen LogP contribution in [-0.4, -0.2) is 28.6 Å². The van der Waals surface area contributed by atoms with Crippen LogP contribution in [0.15, 0.2) is 47.4 Å². The predicted molar refractivity (Wildman–Crippen MR) is 102 cm³/mol. The molecule has 1 N–H and O–H groups in total. The first-order valence-electron chi connectivity index (χ1n) is 7.63. The summed E-state index contributed by atoms with van der Waals surface area (Å²) in [5, 5.41) is 0.756. The monoisotopic (exact) mass is 391 g/mol. The highest BCUT2D eigenvalue weighted by molar-refractivity contribution is 7.92. The van der Waals surface area contributed by atoms with Gasteiger partial charge in [-0.05, 0) is 54.3 Å². The third kappa shape index (κ3) is 3.51. The molecule has 0 unspecified atom stereocenters. The van der Waals surface area contributed by atoms with Crippen LogP contribution in [0.2, 0.25) is 0 Å². The minimum atomic E-state index is -3.82. The van der Waals surface area contributed by atoms with Gasteiger partial charge in [0.25, 0.3) is 10.0 Å². The number of benzene rings is 2. The summed E-state index contributed by atoms with van der Waals surface area (Å²) in [5.74, 6) is -0.148. The van der Waals surface area contributed by atoms with E-state index in [4.69, 9.17) is 9.47 Å². The van der Waals surface area contributed by atoms with E-state index in [0.29, 0.717) is 10.6 Å². The molecule has 3 aromatic rings. The Hall–Kier alpha value is -2.58. The van der Waals surface area contributed by atoms with Crippen LogP contribution < -0.4 is 9.46 Å². The van der Waals surface area contributed by atoms with Gasteiger partial charge in [-0.15, -0.1) is 11.3 Å². The fourth-order valence-electron chi connectivity index (χ4n) is 2.51. The first-order chi connectivity index (χ1) is 12.3. The van der Waals surface area contributed by atoms with Crippen molar-refractivity contribution in [2.75, 3.05) is 18.9 Å². The predicted octanol–water partition coefficient (Wildman–Crippen LogP) is 3.81. The Morgan fingerprint density at radius 1 is 1.08 bits per heavy atom. The third-order valence-electron chi connectivity index (χ3n) is 3.76. The van der Waals surface area contributed by atoms with Crippen molar-refractivity contribution in [2.24, 2.45) is 0 Å². The van der Waals surface area contributed by atoms with Crippen LogP contribution in [0.5, 0.6) is 5.75 Å². The van der Waals surface area contributed by atoms with E-state index in [1.165, 1.54) is 25.6 Å². The number of carbonyl (C=O) groups excluding carboxylic acids is 1. The molecule has 0 spiro atoms. The van der Waals surface area contributed by atoms with Gasteiger partial charge in [0.1, 0.15) is 15.5 Å². The summed E-state index contributed by atoms with van der Waals surface area (Å²) in [6.07, 6.45) is 0. The highest BCUT2D eigenvalue weighted by Gasteiger charge is 2.20. The lowest BCUT2D eigenvalue weighted by Crippen LogP contribution is -2.14. The summed E-state index contributed by atoms with van der Waals surface area (Å²) in [7, 11) is -1.08. The molecule has 0 atom stereocenters. The molecule has 0 aliphatic heterocycles. The number of carbonyl (C=O) groups is 1. The van der Waals surface area contributed by atoms with Crippen molar-refractivity contribution >= 4 is 43.1 Å². The number of esters is 1. The van der Waals surface area contributed by atoms with E-state index in [2.05, 4.69) is 4.72 Å². The molecular formula is C18H17NO5S2. The minimum absolute atomic E-state index is 0.0701. The molecule has 0 aliphatic carbocycles. The number of thiophene rings is 1. The van der Waals surface area contributed by atoms with Crippen LogP contribution >= 0.6 is 11.3 Å². The second kappa shape index (κ2) is 6.97. The number of fused-ring (bicyclic) bond motifs is 1. The van der Waals surface area contributed by atoms with E-state index in [-0.39, 0.29) is 10.6 Å². The second-order valence-electron chi connectivity index (χ2n) is 5.61. The van der Waals surface area contributed by atoms with Crippen molar-refractivity contribution < 1.29 is 22.7 Å². The number of hydrogen-bond acceptors (Lipinski definition) is 6. The molecule has 0 bridgehead atoms. The maximum absolute atomic E-state index is 12.8. The van der Waals surface area contributed by atoms with Crippen molar-refractivity contribution in [1.29, 1.82) is 0 Å². The molecule has 8 heteroatoms. The van der Waals surface area contributed by atoms with Gasteiger partial charge in [0.2, 0.25) is 0 Å². The molecule has 1 aromatic heterocycles. The van der Waals surface area contributed by atoms with Gasteiger partial charge in [-0.25, -0.2) is 13.2 Å². The molecule has 6 nitrogen and oxygen atoms in total. The molecule has 3 rings (SSSR count). The summed E-state index contributed by atoms with van der Waals surface area (Å²) in [4.78, 5) is 12.2. The SMILES string of the molecule is COC(=O)c1cc2cc(NS(=O)(=O)c3cc(C)ccc3OC)ccc2s1. The molecule has 0 amide bonds. The van der Waals surface area contributed by atoms with E-state index < -0.39 is 16.0 Å². The Morgan fingerprint density at radius 3 is 2.54 bits per heavy atom. The number of methoxy groups -OCH3 is 2. The quantitative estimate of drug-likeness (QED) is 0.669. The molecule has 0 saturated heterocycles. The lowest BCUT2D eigenvalue weighted by atomic mass is 10.2. The normalized spacial score (nSPS) is 11.3. The second-order valence-corrected chi connectivity index (χ2v) is 8.35. The molecule has 0 fully saturated rings. The van der Waals surface area contributed by atoms with Crippen LogP contribution in [0.4, 0.5) is 5.69 Å². The number of nitrogens with one attached hydrogen (secondary N) is 1. The Labute approximate surface area is 155 Å². The van der Waals surface area contributed by atoms with Gasteiger partial charge in [0.15, 0.2) is 0 Å². The van der Waals surface area contributed by atoms with Crippen LogP contribution in [0.1, 0.15) is 15.2 Å². The van der Waals surface area contributed by atoms with Crippen molar-refractivity contribution in [3.63, 3.8) is 0 Å². The fourth-order valence-corrected chi connectivity index (χ4v) is 4.78. The highest BCUT2D eigenvalue weighted by Crippen LogP contribution is 2.31. The van der Waals surface area contributed by atoms with Gasteiger partial charge < -0.3 is 9.47 Å². The Bertz CT molecular complexity index is 1090. The Balaban J connectivity index is 1.97. The summed E-state index contributed by atoms with van der Waals surface area (Å²) in [6, 6.07) is 11.7. The molecule has 0 saturated carbocycles. The molecular weight excluding hydrogens is 374 g/mol. The number of ether oxygens (including phenoxy) is 2. The maximum Gasteiger partial charge on any atom is 0.348 e. The minimum Gasteiger partial charge on any atom is -0.495 e. The van der Waals surface area contributed by atoms with E-state index in [1.807, 2.05) is 6.92 Å². The Morgan fingerprint density at radius 2 is 1.85 bits per heavy atom. The van der Waals surface area contributed by atoms with E-state index in [9.17, 15) is 13.2 Å². The average molecular weight is 391 g/mol. The van der Waals surface area contributed by atoms with Gasteiger partial charge >= 0.3 is 5.97 Å². The van der Waals surface area contributed by atoms with Crippen LogP contribution in [0.3, 0.4) is 0 Å². The van der Waals surface area contributed by atoms with Crippen LogP contribution in [0, 0.1) is 6.92 Å². The van der Waals surface area contributed by atoms with E-state index >= 15 is 0 Å². The zero-order chi connectivity index (χ0) is 18.9. The average Bonchev–Trinajstić information content (AvgIpc) is 3.04. The van der Waals surface area contributed by atoms with E-state index in [0.717, 1.165) is 15.6 Å². The van der Waals surface area contributed by atoms with Gasteiger partial charge in [-0.3, -0.25) is 4.72 Å². The third-order valence-corrected chi connectivity index (χ3v) is 6.26. The Kier molecular flexibility index (Phi) is 4.88. The van der Waals surface area contributed by atoms with Gasteiger partial charge in [0, 0.05) is 10.4 Å². The fraction of sp³-hybridized carbons (Fsp3) is 0.167. The zero-order valence-electron chi connectivity index (χ0n) is 14.4. The van der Waals surface area contributed by atoms with Crippen molar-refractivity contribution in [3.05, 3.63) is 52.9 Å². The summed E-state index contributed by atoms with van der Waals surface area (Å²) >= 11 is 1.29. The van der Waals surface area contributed by atoms with Gasteiger partial charge in [-0.1, -0.05) is 6.07 Å². The van der Waals surface area contributed by atoms with Crippen LogP contribution in [-0.2, 0) is 14.8 Å². The summed E-state index contributed by atoms with van der Waals surface area (Å²) in [5.41, 5.74) is 1.21. The topological polar surface area (TPSA) is 81.7 Å². The molecule has 0 radical (unpaired) electrons. The van der Waals surface area contributed by atoms with Crippen molar-refractivity contribution in [1.82, 2.24) is 0 Å². The molecule has 2 aromatic carbocycles. The number of rotatable bonds is 5. The largest absolute Gasteiger partial charge is 0.495 e. The molecule has 0 aliphatic rings. The van der Waals surface area contributed by atoms with Crippen LogP contribution in [0.25, 0.3) is 10.1 Å². The van der Waals surface area contributed by atoms with Gasteiger partial charge in [0.05, 0.1) is 14.2 Å². The lowest BCUT2D eigenvalue weighted by Gasteiger charge is -2.12. The lowest BCUT2D eigenvalue weighted by molar-refractivity contribution is 0.0606. The highest BCUT2D eigenvalue weighted by atomic mass is 32.2. The van der Waals surface area contributed by atoms with Crippen molar-refractivity contribution in [3.8, 4) is 5.75 Å². The molecule has 1 heterocycles. The number of anilines is 1. The maximum atomic E-state index is 12.8. The number of sulfonamides is 1. The summed E-state index contributed by atoms with van der Waals surface area (Å²) < 4.78 is 38.8. The first kappa shape index (κ1) is 18.2. The number of hydrogen-bond donors (Lipinski definition) is 1. The molecule has 26 heavy (non-hydrogen) atoms. The molecule has 136 valence electrons. The summed E-state index contributed by atoms with van der Waals surface area (Å²) in [6.45, 7) is 1.81. The van der Waals surface area contributed by atoms with Crippen molar-refractivity contribution in [2.45, 2.75) is 11.8 Å². The number of aryl methyl sites for hydroxylation is 1.